The number of hydrogen-bond donors (Lipinski definition) is 1. The van der Waals surface area contributed by atoms with Crippen molar-refractivity contribution in [3.05, 3.63) is 53.1 Å². The summed E-state index contributed by atoms with van der Waals surface area (Å²) in [5, 5.41) is 9.68. The first-order chi connectivity index (χ1) is 9.10. The lowest BCUT2D eigenvalue weighted by atomic mass is 10.1. The van der Waals surface area contributed by atoms with Crippen LogP contribution in [0.2, 0.25) is 0 Å². The van der Waals surface area contributed by atoms with E-state index in [2.05, 4.69) is 18.8 Å². The molecule has 0 aliphatic carbocycles. The lowest BCUT2D eigenvalue weighted by Gasteiger charge is -2.03. The molecule has 0 aliphatic rings. The van der Waals surface area contributed by atoms with Crippen LogP contribution in [-0.2, 0) is 0 Å². The lowest BCUT2D eigenvalue weighted by Crippen LogP contribution is -1.86. The van der Waals surface area contributed by atoms with Crippen LogP contribution in [0.3, 0.4) is 0 Å². The third kappa shape index (κ3) is 3.13. The summed E-state index contributed by atoms with van der Waals surface area (Å²) in [5.41, 5.74) is 4.20. The van der Waals surface area contributed by atoms with E-state index in [1.54, 1.807) is 18.3 Å². The Bertz CT molecular complexity index is 618. The molecule has 0 bridgehead atoms. The van der Waals surface area contributed by atoms with Crippen molar-refractivity contribution >= 4 is 11.9 Å². The van der Waals surface area contributed by atoms with Crippen molar-refractivity contribution in [1.82, 2.24) is 0 Å². The van der Waals surface area contributed by atoms with Crippen molar-refractivity contribution in [2.75, 3.05) is 7.11 Å². The van der Waals surface area contributed by atoms with Gasteiger partial charge >= 0.3 is 0 Å². The van der Waals surface area contributed by atoms with Crippen LogP contribution in [0.15, 0.2) is 41.4 Å². The van der Waals surface area contributed by atoms with Crippen molar-refractivity contribution in [3.8, 4) is 11.5 Å². The molecule has 0 spiro atoms. The third-order valence-electron chi connectivity index (χ3n) is 3.06. The van der Waals surface area contributed by atoms with E-state index in [-0.39, 0.29) is 5.75 Å². The molecule has 3 heteroatoms. The first kappa shape index (κ1) is 13.1. The molecule has 0 aromatic heterocycles. The molecule has 2 rings (SSSR count). The maximum atomic E-state index is 9.68. The van der Waals surface area contributed by atoms with Crippen molar-refractivity contribution in [1.29, 1.82) is 0 Å². The third-order valence-corrected chi connectivity index (χ3v) is 3.06. The van der Waals surface area contributed by atoms with Gasteiger partial charge in [-0.15, -0.1) is 0 Å². The minimum absolute atomic E-state index is 0.117. The first-order valence-electron chi connectivity index (χ1n) is 6.08. The number of ether oxygens (including phenoxy) is 1. The van der Waals surface area contributed by atoms with Gasteiger partial charge in [-0.1, -0.05) is 6.07 Å². The summed E-state index contributed by atoms with van der Waals surface area (Å²) < 4.78 is 5.00. The van der Waals surface area contributed by atoms with Gasteiger partial charge < -0.3 is 9.84 Å². The van der Waals surface area contributed by atoms with E-state index in [4.69, 9.17) is 4.74 Å². The molecule has 0 atom stereocenters. The summed E-state index contributed by atoms with van der Waals surface area (Å²) in [5.74, 6) is 0.579. The molecule has 98 valence electrons. The first-order valence-corrected chi connectivity index (χ1v) is 6.08. The highest BCUT2D eigenvalue weighted by Crippen LogP contribution is 2.26. The van der Waals surface area contributed by atoms with Gasteiger partial charge in [0, 0.05) is 6.21 Å². The predicted molar refractivity (Wildman–Crippen MR) is 77.8 cm³/mol. The SMILES string of the molecule is COc1ccc(C=Nc2ccc(C)c(C)c2)cc1O. The number of phenols is 1. The van der Waals surface area contributed by atoms with Crippen molar-refractivity contribution < 1.29 is 9.84 Å². The molecular formula is C16H17NO2. The molecular weight excluding hydrogens is 238 g/mol. The molecule has 0 radical (unpaired) electrons. The quantitative estimate of drug-likeness (QED) is 0.848. The van der Waals surface area contributed by atoms with Crippen molar-refractivity contribution in [2.24, 2.45) is 4.99 Å². The minimum Gasteiger partial charge on any atom is -0.504 e. The van der Waals surface area contributed by atoms with Gasteiger partial charge in [-0.05, 0) is 60.9 Å². The second-order valence-electron chi connectivity index (χ2n) is 4.46. The molecule has 0 amide bonds. The fourth-order valence-corrected chi connectivity index (χ4v) is 1.74. The zero-order valence-corrected chi connectivity index (χ0v) is 11.3. The number of benzene rings is 2. The number of rotatable bonds is 3. The van der Waals surface area contributed by atoms with Gasteiger partial charge in [-0.25, -0.2) is 0 Å². The van der Waals surface area contributed by atoms with E-state index >= 15 is 0 Å². The number of aliphatic imine (C=N–C) groups is 1. The van der Waals surface area contributed by atoms with Gasteiger partial charge in [0.1, 0.15) is 0 Å². The summed E-state index contributed by atoms with van der Waals surface area (Å²) in [6, 6.07) is 11.3. The number of phenolic OH excluding ortho intramolecular Hbond substituents is 1. The van der Waals surface area contributed by atoms with Crippen LogP contribution < -0.4 is 4.74 Å². The van der Waals surface area contributed by atoms with Gasteiger partial charge in [0.05, 0.1) is 12.8 Å². The Hall–Kier alpha value is -2.29. The van der Waals surface area contributed by atoms with Crippen LogP contribution in [0, 0.1) is 13.8 Å². The van der Waals surface area contributed by atoms with Crippen LogP contribution in [0.4, 0.5) is 5.69 Å². The Morgan fingerprint density at radius 2 is 1.84 bits per heavy atom. The molecule has 2 aromatic rings. The van der Waals surface area contributed by atoms with Crippen LogP contribution in [0.5, 0.6) is 11.5 Å². The predicted octanol–water partition coefficient (Wildman–Crippen LogP) is 3.77. The Morgan fingerprint density at radius 1 is 1.05 bits per heavy atom. The minimum atomic E-state index is 0.117. The Morgan fingerprint density at radius 3 is 2.47 bits per heavy atom. The van der Waals surface area contributed by atoms with Crippen LogP contribution in [0.25, 0.3) is 0 Å². The van der Waals surface area contributed by atoms with Crippen LogP contribution in [-0.4, -0.2) is 18.4 Å². The molecule has 0 aliphatic heterocycles. The summed E-state index contributed by atoms with van der Waals surface area (Å²) in [4.78, 5) is 4.40. The lowest BCUT2D eigenvalue weighted by molar-refractivity contribution is 0.373. The number of methoxy groups -OCH3 is 1. The summed E-state index contributed by atoms with van der Waals surface area (Å²) in [6.07, 6.45) is 1.73. The number of nitrogens with zero attached hydrogens (tertiary/aromatic N) is 1. The van der Waals surface area contributed by atoms with Crippen molar-refractivity contribution in [2.45, 2.75) is 13.8 Å². The number of aromatic hydroxyl groups is 1. The zero-order valence-electron chi connectivity index (χ0n) is 11.3. The summed E-state index contributed by atoms with van der Waals surface area (Å²) in [7, 11) is 1.53. The maximum Gasteiger partial charge on any atom is 0.160 e. The standard InChI is InChI=1S/C16H17NO2/c1-11-4-6-14(8-12(11)2)17-10-13-5-7-16(19-3)15(18)9-13/h4-10,18H,1-3H3. The Balaban J connectivity index is 2.22. The van der Waals surface area contributed by atoms with Gasteiger partial charge in [-0.3, -0.25) is 4.99 Å². The molecule has 2 aromatic carbocycles. The number of hydrogen-bond acceptors (Lipinski definition) is 3. The van der Waals surface area contributed by atoms with Gasteiger partial charge in [0.2, 0.25) is 0 Å². The number of aryl methyl sites for hydroxylation is 2. The van der Waals surface area contributed by atoms with E-state index in [0.717, 1.165) is 11.3 Å². The molecule has 0 heterocycles. The van der Waals surface area contributed by atoms with Crippen LogP contribution in [0.1, 0.15) is 16.7 Å². The van der Waals surface area contributed by atoms with E-state index < -0.39 is 0 Å². The second kappa shape index (κ2) is 5.57. The summed E-state index contributed by atoms with van der Waals surface area (Å²) >= 11 is 0. The summed E-state index contributed by atoms with van der Waals surface area (Å²) in [6.45, 7) is 4.14. The largest absolute Gasteiger partial charge is 0.504 e. The zero-order chi connectivity index (χ0) is 13.8. The van der Waals surface area contributed by atoms with E-state index in [9.17, 15) is 5.11 Å². The normalized spacial score (nSPS) is 10.9. The van der Waals surface area contributed by atoms with Gasteiger partial charge in [0.25, 0.3) is 0 Å². The monoisotopic (exact) mass is 255 g/mol. The molecule has 0 fully saturated rings. The molecule has 19 heavy (non-hydrogen) atoms. The highest BCUT2D eigenvalue weighted by Gasteiger charge is 2.00. The smallest absolute Gasteiger partial charge is 0.160 e. The van der Waals surface area contributed by atoms with E-state index in [0.29, 0.717) is 5.75 Å². The maximum absolute atomic E-state index is 9.68. The Labute approximate surface area is 113 Å². The second-order valence-corrected chi connectivity index (χ2v) is 4.46. The average Bonchev–Trinajstić information content (AvgIpc) is 2.40. The topological polar surface area (TPSA) is 41.8 Å². The fourth-order valence-electron chi connectivity index (χ4n) is 1.74. The highest BCUT2D eigenvalue weighted by atomic mass is 16.5. The Kier molecular flexibility index (Phi) is 3.85. The van der Waals surface area contributed by atoms with E-state index in [1.807, 2.05) is 24.3 Å². The molecule has 1 N–H and O–H groups in total. The molecule has 0 saturated carbocycles. The van der Waals surface area contributed by atoms with Gasteiger partial charge in [0.15, 0.2) is 11.5 Å². The average molecular weight is 255 g/mol. The molecule has 0 unspecified atom stereocenters. The van der Waals surface area contributed by atoms with Crippen molar-refractivity contribution in [3.63, 3.8) is 0 Å². The fraction of sp³-hybridized carbons (Fsp3) is 0.188. The van der Waals surface area contributed by atoms with Crippen LogP contribution >= 0.6 is 0 Å². The molecule has 3 nitrogen and oxygen atoms in total. The molecule has 0 saturated heterocycles. The highest BCUT2D eigenvalue weighted by molar-refractivity contribution is 5.83. The van der Waals surface area contributed by atoms with Gasteiger partial charge in [-0.2, -0.15) is 0 Å². The van der Waals surface area contributed by atoms with E-state index in [1.165, 1.54) is 18.2 Å².